The highest BCUT2D eigenvalue weighted by atomic mass is 16.5. The van der Waals surface area contributed by atoms with Gasteiger partial charge in [0.1, 0.15) is 6.10 Å². The van der Waals surface area contributed by atoms with Crippen molar-refractivity contribution in [1.82, 2.24) is 0 Å². The largest absolute Gasteiger partial charge is 0.512 e. The Bertz CT molecular complexity index is 1060. The average molecular weight is 515 g/mol. The molecule has 0 radical (unpaired) electrons. The number of carboxylic acid groups (broad SMARTS) is 1. The van der Waals surface area contributed by atoms with E-state index in [1.54, 1.807) is 0 Å². The van der Waals surface area contributed by atoms with Crippen molar-refractivity contribution in [3.63, 3.8) is 0 Å². The Labute approximate surface area is 221 Å². The second-order valence-electron chi connectivity index (χ2n) is 13.3. The molecule has 3 fully saturated rings. The Morgan fingerprint density at radius 3 is 2.35 bits per heavy atom. The summed E-state index contributed by atoms with van der Waals surface area (Å²) in [6.07, 6.45) is 6.17. The van der Waals surface area contributed by atoms with Gasteiger partial charge in [-0.1, -0.05) is 32.4 Å². The molecule has 206 valence electrons. The summed E-state index contributed by atoms with van der Waals surface area (Å²) < 4.78 is 5.86. The fraction of sp³-hybridized carbons (Fsp3) is 0.742. The number of hydrogen-bond donors (Lipinski definition) is 3. The van der Waals surface area contributed by atoms with Crippen LogP contribution in [0.15, 0.2) is 34.1 Å². The van der Waals surface area contributed by atoms with E-state index in [9.17, 15) is 24.9 Å². The molecule has 3 N–H and O–H groups in total. The number of aliphatic hydroxyl groups is 2. The Hall–Kier alpha value is -2.08. The molecule has 8 atom stereocenters. The first-order valence-corrected chi connectivity index (χ1v) is 14.0. The fourth-order valence-electron chi connectivity index (χ4n) is 9.40. The Morgan fingerprint density at radius 1 is 1.08 bits per heavy atom. The van der Waals surface area contributed by atoms with Gasteiger partial charge in [-0.2, -0.15) is 0 Å². The number of carboxylic acids is 1. The van der Waals surface area contributed by atoms with Gasteiger partial charge < -0.3 is 20.1 Å². The summed E-state index contributed by atoms with van der Waals surface area (Å²) in [5.41, 5.74) is 2.51. The van der Waals surface area contributed by atoms with E-state index < -0.39 is 24.1 Å². The molecule has 4 aliphatic carbocycles. The molecule has 0 aliphatic heterocycles. The van der Waals surface area contributed by atoms with Gasteiger partial charge in [-0.3, -0.25) is 4.79 Å². The molecule has 0 heterocycles. The van der Waals surface area contributed by atoms with E-state index in [-0.39, 0.29) is 34.0 Å². The number of ether oxygens (including phenoxy) is 1. The van der Waals surface area contributed by atoms with Crippen molar-refractivity contribution >= 4 is 11.9 Å². The minimum Gasteiger partial charge on any atom is -0.512 e. The third kappa shape index (κ3) is 4.27. The number of rotatable bonds is 5. The van der Waals surface area contributed by atoms with Gasteiger partial charge in [-0.05, 0) is 111 Å². The minimum absolute atomic E-state index is 0.0133. The highest BCUT2D eigenvalue weighted by molar-refractivity contribution is 5.88. The lowest BCUT2D eigenvalue weighted by molar-refractivity contribution is -0.210. The van der Waals surface area contributed by atoms with E-state index in [0.29, 0.717) is 43.4 Å². The number of hydrogen-bond acceptors (Lipinski definition) is 5. The van der Waals surface area contributed by atoms with Gasteiger partial charge in [0.05, 0.1) is 11.9 Å². The molecule has 37 heavy (non-hydrogen) atoms. The monoisotopic (exact) mass is 514 g/mol. The quantitative estimate of drug-likeness (QED) is 0.220. The third-order valence-corrected chi connectivity index (χ3v) is 11.2. The highest BCUT2D eigenvalue weighted by Crippen LogP contribution is 2.74. The van der Waals surface area contributed by atoms with E-state index in [1.807, 2.05) is 26.8 Å². The lowest BCUT2D eigenvalue weighted by Crippen LogP contribution is -2.64. The maximum atomic E-state index is 12.6. The van der Waals surface area contributed by atoms with Gasteiger partial charge in [-0.15, -0.1) is 0 Å². The van der Waals surface area contributed by atoms with Gasteiger partial charge >= 0.3 is 11.9 Å². The summed E-state index contributed by atoms with van der Waals surface area (Å²) in [7, 11) is 0. The predicted octanol–water partition coefficient (Wildman–Crippen LogP) is 6.50. The molecule has 4 aliphatic rings. The van der Waals surface area contributed by atoms with Gasteiger partial charge in [-0.25, -0.2) is 4.79 Å². The van der Waals surface area contributed by atoms with Crippen molar-refractivity contribution in [3.8, 4) is 0 Å². The highest BCUT2D eigenvalue weighted by Gasteiger charge is 2.70. The standard InChI is InChI=1S/C31H46O6/c1-17(2)9-8-10-20(28(35)36)26-22-15-24(34)27-29(5)13-12-23(33)18(3)21(29)11-14-30(27,6)31(22,7)16-25(26)37-19(4)32/h9,21-22,24-25,27,33-34H,8,10-16H2,1-7H3,(H,35,36)/b26-20-/t21-,22-,24+,25-,27-,29-,30-,31-/m0/s1. The molecule has 0 saturated heterocycles. The van der Waals surface area contributed by atoms with Crippen LogP contribution >= 0.6 is 0 Å². The lowest BCUT2D eigenvalue weighted by atomic mass is 9.37. The number of fused-ring (bicyclic) bond motifs is 5. The summed E-state index contributed by atoms with van der Waals surface area (Å²) in [6, 6.07) is 0. The van der Waals surface area contributed by atoms with Crippen LogP contribution in [0.1, 0.15) is 99.8 Å². The van der Waals surface area contributed by atoms with Crippen LogP contribution in [0.5, 0.6) is 0 Å². The van der Waals surface area contributed by atoms with Gasteiger partial charge in [0.2, 0.25) is 0 Å². The van der Waals surface area contributed by atoms with Crippen molar-refractivity contribution in [2.45, 2.75) is 112 Å². The number of carbonyl (C=O) groups is 2. The number of allylic oxidation sites excluding steroid dienone is 4. The molecule has 0 aromatic heterocycles. The maximum Gasteiger partial charge on any atom is 0.331 e. The molecule has 4 rings (SSSR count). The first-order chi connectivity index (χ1) is 17.2. The van der Waals surface area contributed by atoms with Gasteiger partial charge in [0.25, 0.3) is 0 Å². The molecule has 6 heteroatoms. The van der Waals surface area contributed by atoms with Crippen LogP contribution < -0.4 is 0 Å². The molecule has 3 saturated carbocycles. The Morgan fingerprint density at radius 2 is 1.76 bits per heavy atom. The van der Waals surface area contributed by atoms with E-state index in [1.165, 1.54) is 6.92 Å². The zero-order valence-electron chi connectivity index (χ0n) is 23.7. The van der Waals surface area contributed by atoms with Crippen LogP contribution in [0.3, 0.4) is 0 Å². The Kier molecular flexibility index (Phi) is 7.24. The van der Waals surface area contributed by atoms with Crippen LogP contribution in [0.4, 0.5) is 0 Å². The van der Waals surface area contributed by atoms with E-state index >= 15 is 0 Å². The summed E-state index contributed by atoms with van der Waals surface area (Å²) in [6.45, 7) is 14.3. The SMILES string of the molecule is CC(=O)O[C@H]1C[C@@]2(C)[C@@H](C[C@@H](O)[C@H]3[C@@]4(C)CCC(O)=C(C)[C@@H]4CC[C@@]32C)/C1=C(\CCC=C(C)C)C(=O)O. The van der Waals surface area contributed by atoms with E-state index in [0.717, 1.165) is 36.0 Å². The zero-order chi connectivity index (χ0) is 27.5. The molecule has 0 bridgehead atoms. The van der Waals surface area contributed by atoms with E-state index in [2.05, 4.69) is 20.8 Å². The number of carbonyl (C=O) groups excluding carboxylic acids is 1. The molecule has 0 aromatic carbocycles. The second kappa shape index (κ2) is 9.59. The van der Waals surface area contributed by atoms with Crippen LogP contribution in [-0.4, -0.2) is 39.5 Å². The van der Waals surface area contributed by atoms with Crippen molar-refractivity contribution < 1.29 is 29.6 Å². The average Bonchev–Trinajstić information content (AvgIpc) is 3.05. The zero-order valence-corrected chi connectivity index (χ0v) is 23.7. The summed E-state index contributed by atoms with van der Waals surface area (Å²) in [5.74, 6) is -0.781. The van der Waals surface area contributed by atoms with Gasteiger partial charge in [0.15, 0.2) is 0 Å². The second-order valence-corrected chi connectivity index (χ2v) is 13.3. The number of aliphatic hydroxyl groups excluding tert-OH is 2. The van der Waals surface area contributed by atoms with Crippen molar-refractivity contribution in [3.05, 3.63) is 34.1 Å². The van der Waals surface area contributed by atoms with Crippen LogP contribution in [0, 0.1) is 34.0 Å². The first kappa shape index (κ1) is 27.9. The first-order valence-electron chi connectivity index (χ1n) is 14.0. The van der Waals surface area contributed by atoms with Crippen LogP contribution in [-0.2, 0) is 14.3 Å². The van der Waals surface area contributed by atoms with Crippen molar-refractivity contribution in [2.75, 3.05) is 0 Å². The molecule has 0 spiro atoms. The van der Waals surface area contributed by atoms with E-state index in [4.69, 9.17) is 4.74 Å². The third-order valence-electron chi connectivity index (χ3n) is 11.2. The van der Waals surface area contributed by atoms with Crippen LogP contribution in [0.25, 0.3) is 0 Å². The maximum absolute atomic E-state index is 12.6. The molecule has 6 nitrogen and oxygen atoms in total. The normalized spacial score (nSPS) is 42.3. The molecular formula is C31H46O6. The fourth-order valence-corrected chi connectivity index (χ4v) is 9.40. The summed E-state index contributed by atoms with van der Waals surface area (Å²) in [4.78, 5) is 24.8. The number of esters is 1. The van der Waals surface area contributed by atoms with Crippen molar-refractivity contribution in [1.29, 1.82) is 0 Å². The van der Waals surface area contributed by atoms with Crippen LogP contribution in [0.2, 0.25) is 0 Å². The lowest BCUT2D eigenvalue weighted by Gasteiger charge is -2.67. The smallest absolute Gasteiger partial charge is 0.331 e. The Balaban J connectivity index is 1.84. The molecule has 0 unspecified atom stereocenters. The summed E-state index contributed by atoms with van der Waals surface area (Å²) >= 11 is 0. The molecule has 0 aromatic rings. The molecule has 0 amide bonds. The minimum atomic E-state index is -0.959. The number of aliphatic carboxylic acids is 1. The molecular weight excluding hydrogens is 468 g/mol. The van der Waals surface area contributed by atoms with Crippen molar-refractivity contribution in [2.24, 2.45) is 34.0 Å². The predicted molar refractivity (Wildman–Crippen MR) is 143 cm³/mol. The topological polar surface area (TPSA) is 104 Å². The van der Waals surface area contributed by atoms with Gasteiger partial charge in [0, 0.05) is 18.9 Å². The summed E-state index contributed by atoms with van der Waals surface area (Å²) in [5, 5.41) is 32.7.